The minimum atomic E-state index is -5.22. The molecular formula is C25H31F4N5O4. The Morgan fingerprint density at radius 2 is 1.92 bits per heavy atom. The highest BCUT2D eigenvalue weighted by Gasteiger charge is 2.61. The van der Waals surface area contributed by atoms with Gasteiger partial charge in [-0.2, -0.15) is 18.4 Å². The summed E-state index contributed by atoms with van der Waals surface area (Å²) in [5.74, 6) is -6.64. The van der Waals surface area contributed by atoms with Crippen molar-refractivity contribution >= 4 is 23.6 Å². The number of rotatable bonds is 6. The van der Waals surface area contributed by atoms with Gasteiger partial charge in [0.05, 0.1) is 11.9 Å². The molecule has 4 rings (SSSR count). The monoisotopic (exact) mass is 541 g/mol. The van der Waals surface area contributed by atoms with Gasteiger partial charge in [0.2, 0.25) is 17.7 Å². The minimum Gasteiger partial charge on any atom is -0.356 e. The van der Waals surface area contributed by atoms with Crippen LogP contribution in [0.3, 0.4) is 0 Å². The lowest BCUT2D eigenvalue weighted by molar-refractivity contribution is -0.176. The number of nitrogens with one attached hydrogen (secondary N) is 3. The van der Waals surface area contributed by atoms with E-state index in [1.54, 1.807) is 5.32 Å². The summed E-state index contributed by atoms with van der Waals surface area (Å²) in [6.45, 7) is 4.86. The molecule has 4 aliphatic rings. The maximum atomic E-state index is 14.5. The highest BCUT2D eigenvalue weighted by atomic mass is 19.4. The summed E-state index contributed by atoms with van der Waals surface area (Å²) >= 11 is 0. The number of amides is 4. The van der Waals surface area contributed by atoms with E-state index in [1.165, 1.54) is 26.8 Å². The zero-order valence-electron chi connectivity index (χ0n) is 21.3. The Bertz CT molecular complexity index is 1090. The molecule has 1 saturated carbocycles. The van der Waals surface area contributed by atoms with Crippen LogP contribution in [-0.4, -0.2) is 65.9 Å². The van der Waals surface area contributed by atoms with Gasteiger partial charge >= 0.3 is 12.1 Å². The second-order valence-corrected chi connectivity index (χ2v) is 11.7. The summed E-state index contributed by atoms with van der Waals surface area (Å²) in [6, 6.07) is -1.86. The van der Waals surface area contributed by atoms with Crippen LogP contribution in [0.15, 0.2) is 11.9 Å². The van der Waals surface area contributed by atoms with Gasteiger partial charge in [-0.1, -0.05) is 20.8 Å². The van der Waals surface area contributed by atoms with Gasteiger partial charge in [-0.25, -0.2) is 4.39 Å². The maximum Gasteiger partial charge on any atom is 0.471 e. The van der Waals surface area contributed by atoms with Crippen molar-refractivity contribution in [3.63, 3.8) is 0 Å². The number of nitrogens with zero attached hydrogens (tertiary/aromatic N) is 2. The Labute approximate surface area is 217 Å². The standard InChI is InChI=1S/C25H31F4N5O4/c1-24(2,3)19(33-23(38)25(27,28)29)22(37)34-10-15-14-7-12(8-16(14)26)17(15)18(34)21(36)32-13(9-30)6-11-4-5-31-20(11)35/h8,11-15,17-19H,4-7,10H2,1-3H3,(H,31,35)(H,32,36)(H,33,38)/t11-,12+,13-,14+,15+,17-,18-,19+/m0/s1. The molecule has 38 heavy (non-hydrogen) atoms. The van der Waals surface area contributed by atoms with Crippen molar-refractivity contribution in [2.75, 3.05) is 13.1 Å². The Morgan fingerprint density at radius 3 is 2.47 bits per heavy atom. The summed E-state index contributed by atoms with van der Waals surface area (Å²) in [4.78, 5) is 52.2. The predicted molar refractivity (Wildman–Crippen MR) is 124 cm³/mol. The maximum absolute atomic E-state index is 14.5. The van der Waals surface area contributed by atoms with Gasteiger partial charge in [0, 0.05) is 24.9 Å². The van der Waals surface area contributed by atoms with E-state index in [0.29, 0.717) is 19.4 Å². The molecular weight excluding hydrogens is 510 g/mol. The largest absolute Gasteiger partial charge is 0.471 e. The molecule has 2 heterocycles. The van der Waals surface area contributed by atoms with Crippen LogP contribution in [0, 0.1) is 46.3 Å². The van der Waals surface area contributed by atoms with E-state index in [-0.39, 0.29) is 30.6 Å². The molecule has 0 spiro atoms. The lowest BCUT2D eigenvalue weighted by Gasteiger charge is -2.37. The van der Waals surface area contributed by atoms with Gasteiger partial charge in [0.1, 0.15) is 18.1 Å². The van der Waals surface area contributed by atoms with E-state index >= 15 is 0 Å². The van der Waals surface area contributed by atoms with Crippen molar-refractivity contribution in [1.29, 1.82) is 5.26 Å². The van der Waals surface area contributed by atoms with Crippen LogP contribution < -0.4 is 16.0 Å². The smallest absolute Gasteiger partial charge is 0.356 e. The van der Waals surface area contributed by atoms with Crippen LogP contribution in [0.2, 0.25) is 0 Å². The number of hydrogen-bond acceptors (Lipinski definition) is 5. The third-order valence-electron chi connectivity index (χ3n) is 8.22. The average molecular weight is 542 g/mol. The quantitative estimate of drug-likeness (QED) is 0.440. The van der Waals surface area contributed by atoms with Crippen molar-refractivity contribution in [3.05, 3.63) is 11.9 Å². The minimum absolute atomic E-state index is 0.0652. The zero-order chi connectivity index (χ0) is 28.2. The summed E-state index contributed by atoms with van der Waals surface area (Å²) in [7, 11) is 0. The van der Waals surface area contributed by atoms with Crippen molar-refractivity contribution in [2.24, 2.45) is 35.0 Å². The highest BCUT2D eigenvalue weighted by molar-refractivity contribution is 5.94. The first-order chi connectivity index (χ1) is 17.6. The molecule has 0 aromatic rings. The van der Waals surface area contributed by atoms with Crippen molar-refractivity contribution in [1.82, 2.24) is 20.9 Å². The van der Waals surface area contributed by atoms with Gasteiger partial charge in [-0.05, 0) is 48.5 Å². The van der Waals surface area contributed by atoms with Gasteiger partial charge in [-0.15, -0.1) is 0 Å². The fraction of sp³-hybridized carbons (Fsp3) is 0.720. The average Bonchev–Trinajstić information content (AvgIpc) is 3.56. The lowest BCUT2D eigenvalue weighted by Crippen LogP contribution is -2.60. The topological polar surface area (TPSA) is 131 Å². The molecule has 2 aliphatic carbocycles. The molecule has 4 amide bonds. The first kappa shape index (κ1) is 27.9. The molecule has 208 valence electrons. The predicted octanol–water partition coefficient (Wildman–Crippen LogP) is 1.56. The summed E-state index contributed by atoms with van der Waals surface area (Å²) < 4.78 is 53.6. The SMILES string of the molecule is CC(C)(C)[C@H](NC(=O)C(F)(F)F)C(=O)N1C[C@H]2[C@@H]([C@H]1C(=O)N[C@H](C#N)C[C@@H]1CCNC1=O)[C@H]1C=C(F)[C@@H]2C1. The van der Waals surface area contributed by atoms with E-state index < -0.39 is 71.1 Å². The fourth-order valence-electron chi connectivity index (χ4n) is 6.43. The summed E-state index contributed by atoms with van der Waals surface area (Å²) in [5, 5.41) is 16.7. The summed E-state index contributed by atoms with van der Waals surface area (Å²) in [6.07, 6.45) is -2.76. The fourth-order valence-corrected chi connectivity index (χ4v) is 6.43. The number of carbonyl (C=O) groups excluding carboxylic acids is 4. The van der Waals surface area contributed by atoms with Crippen LogP contribution in [0.25, 0.3) is 0 Å². The molecule has 0 aromatic heterocycles. The molecule has 2 bridgehead atoms. The third-order valence-corrected chi connectivity index (χ3v) is 8.22. The highest BCUT2D eigenvalue weighted by Crippen LogP contribution is 2.57. The van der Waals surface area contributed by atoms with Gasteiger partial charge in [0.25, 0.3) is 0 Å². The molecule has 0 unspecified atom stereocenters. The zero-order valence-corrected chi connectivity index (χ0v) is 21.3. The second kappa shape index (κ2) is 9.85. The normalized spacial score (nSPS) is 31.7. The molecule has 8 atom stereocenters. The Morgan fingerprint density at radius 1 is 1.24 bits per heavy atom. The molecule has 2 aliphatic heterocycles. The molecule has 2 saturated heterocycles. The number of alkyl halides is 3. The number of carbonyl (C=O) groups is 4. The van der Waals surface area contributed by atoms with E-state index in [4.69, 9.17) is 0 Å². The second-order valence-electron chi connectivity index (χ2n) is 11.7. The van der Waals surface area contributed by atoms with E-state index in [0.717, 1.165) is 4.90 Å². The first-order valence-electron chi connectivity index (χ1n) is 12.7. The molecule has 13 heteroatoms. The van der Waals surface area contributed by atoms with Crippen molar-refractivity contribution in [2.45, 2.75) is 64.3 Å². The Balaban J connectivity index is 1.61. The van der Waals surface area contributed by atoms with Crippen LogP contribution >= 0.6 is 0 Å². The van der Waals surface area contributed by atoms with E-state index in [1.807, 2.05) is 6.07 Å². The number of allylic oxidation sites excluding steroid dienone is 2. The van der Waals surface area contributed by atoms with E-state index in [9.17, 15) is 42.0 Å². The number of halogens is 4. The first-order valence-corrected chi connectivity index (χ1v) is 12.7. The number of likely N-dealkylation sites (tertiary alicyclic amines) is 1. The summed E-state index contributed by atoms with van der Waals surface area (Å²) in [5.41, 5.74) is -1.15. The Kier molecular flexibility index (Phi) is 7.22. The van der Waals surface area contributed by atoms with Crippen LogP contribution in [0.1, 0.15) is 40.0 Å². The Hall–Kier alpha value is -3.17. The number of hydrogen-bond donors (Lipinski definition) is 3. The van der Waals surface area contributed by atoms with Crippen LogP contribution in [0.4, 0.5) is 17.6 Å². The van der Waals surface area contributed by atoms with E-state index in [2.05, 4.69) is 10.6 Å². The number of fused-ring (bicyclic) bond motifs is 5. The third kappa shape index (κ3) is 5.09. The molecule has 3 fully saturated rings. The van der Waals surface area contributed by atoms with Crippen molar-refractivity contribution in [3.8, 4) is 6.07 Å². The molecule has 3 N–H and O–H groups in total. The van der Waals surface area contributed by atoms with Crippen LogP contribution in [0.5, 0.6) is 0 Å². The molecule has 9 nitrogen and oxygen atoms in total. The van der Waals surface area contributed by atoms with Crippen molar-refractivity contribution < 1.29 is 36.7 Å². The van der Waals surface area contributed by atoms with Gasteiger partial charge in [0.15, 0.2) is 0 Å². The van der Waals surface area contributed by atoms with Gasteiger partial charge in [-0.3, -0.25) is 19.2 Å². The molecule has 0 radical (unpaired) electrons. The van der Waals surface area contributed by atoms with Gasteiger partial charge < -0.3 is 20.9 Å². The molecule has 0 aromatic carbocycles. The lowest BCUT2D eigenvalue weighted by atomic mass is 9.81. The number of nitriles is 1. The van der Waals surface area contributed by atoms with Crippen LogP contribution in [-0.2, 0) is 19.2 Å².